The van der Waals surface area contributed by atoms with Crippen LogP contribution in [0.1, 0.15) is 58.2 Å². The fourth-order valence-corrected chi connectivity index (χ4v) is 8.95. The highest BCUT2D eigenvalue weighted by molar-refractivity contribution is 7.80. The predicted molar refractivity (Wildman–Crippen MR) is 307 cm³/mol. The Morgan fingerprint density at radius 2 is 1.34 bits per heavy atom. The van der Waals surface area contributed by atoms with Gasteiger partial charge in [0, 0.05) is 58.5 Å². The molecule has 3 aliphatic rings. The molecule has 1 aliphatic carbocycles. The van der Waals surface area contributed by atoms with Gasteiger partial charge in [-0.3, -0.25) is 24.0 Å². The number of rotatable bonds is 20. The zero-order valence-electron chi connectivity index (χ0n) is 44.8. The SMILES string of the molecule is CC(C)(C)OC(=O)/C(=C/c1ccc(O)cc1)O[C@@H]1O[C@H](CNC(=O)CNC(=O)CNC(=O)CNC(=S)Nc2ccc(-c3c4ccc(=O)cc-4oc4cc(O)ccc34)c(C(=O)O)c2)[C@H](O)[C@H](O)[C@H]1NCc1ccc(C(=O)c2ccccc2)cc1. The van der Waals surface area contributed by atoms with Crippen LogP contribution in [0.15, 0.2) is 148 Å². The molecule has 83 heavy (non-hydrogen) atoms. The number of phenols is 2. The summed E-state index contributed by atoms with van der Waals surface area (Å²) in [4.78, 5) is 90.1. The zero-order valence-corrected chi connectivity index (χ0v) is 45.7. The third kappa shape index (κ3) is 15.7. The first-order valence-corrected chi connectivity index (χ1v) is 26.3. The van der Waals surface area contributed by atoms with Crippen LogP contribution in [0, 0.1) is 0 Å². The molecule has 430 valence electrons. The Morgan fingerprint density at radius 1 is 0.699 bits per heavy atom. The minimum absolute atomic E-state index is 0.0342. The Bertz CT molecular complexity index is 3620. The van der Waals surface area contributed by atoms with E-state index in [1.807, 2.05) is 0 Å². The summed E-state index contributed by atoms with van der Waals surface area (Å²) >= 11 is 5.35. The van der Waals surface area contributed by atoms with Gasteiger partial charge >= 0.3 is 11.9 Å². The van der Waals surface area contributed by atoms with Crippen molar-refractivity contribution in [3.05, 3.63) is 177 Å². The van der Waals surface area contributed by atoms with Crippen LogP contribution in [-0.2, 0) is 39.9 Å². The molecular formula is C60H58N6O16S. The molecule has 2 heterocycles. The molecule has 0 bridgehead atoms. The number of aliphatic hydroxyl groups excluding tert-OH is 2. The number of ketones is 1. The van der Waals surface area contributed by atoms with Gasteiger partial charge in [-0.15, -0.1) is 0 Å². The van der Waals surface area contributed by atoms with Gasteiger partial charge in [0.15, 0.2) is 16.3 Å². The molecule has 1 fully saturated rings. The van der Waals surface area contributed by atoms with E-state index >= 15 is 0 Å². The number of aromatic carboxylic acids is 1. The van der Waals surface area contributed by atoms with E-state index in [4.69, 9.17) is 30.8 Å². The van der Waals surface area contributed by atoms with Crippen LogP contribution < -0.4 is 37.3 Å². The summed E-state index contributed by atoms with van der Waals surface area (Å²) in [7, 11) is 0. The Labute approximate surface area is 479 Å². The number of aromatic hydroxyl groups is 2. The molecule has 5 atom stereocenters. The monoisotopic (exact) mass is 1150 g/mol. The van der Waals surface area contributed by atoms with E-state index in [0.717, 1.165) is 0 Å². The number of benzene rings is 6. The summed E-state index contributed by atoms with van der Waals surface area (Å²) in [5, 5.41) is 69.7. The molecule has 0 radical (unpaired) electrons. The molecule has 2 aliphatic heterocycles. The Morgan fingerprint density at radius 3 is 2.01 bits per heavy atom. The first kappa shape index (κ1) is 59.6. The van der Waals surface area contributed by atoms with Gasteiger partial charge in [-0.25, -0.2) is 9.59 Å². The number of anilines is 1. The molecule has 8 rings (SSSR count). The number of carbonyl (C=O) groups excluding carboxylic acids is 5. The molecule has 23 heteroatoms. The zero-order chi connectivity index (χ0) is 59.5. The number of carbonyl (C=O) groups is 6. The molecule has 3 amide bonds. The Hall–Kier alpha value is -9.52. The van der Waals surface area contributed by atoms with E-state index in [-0.39, 0.29) is 68.3 Å². The lowest BCUT2D eigenvalue weighted by atomic mass is 9.90. The highest BCUT2D eigenvalue weighted by Crippen LogP contribution is 2.42. The third-order valence-corrected chi connectivity index (χ3v) is 13.0. The maximum absolute atomic E-state index is 13.7. The molecule has 5 aromatic rings. The van der Waals surface area contributed by atoms with Crippen LogP contribution in [0.25, 0.3) is 39.5 Å². The average molecular weight is 1150 g/mol. The molecule has 5 aromatic carbocycles. The van der Waals surface area contributed by atoms with Crippen LogP contribution in [0.4, 0.5) is 5.69 Å². The average Bonchev–Trinajstić information content (AvgIpc) is 3.12. The van der Waals surface area contributed by atoms with E-state index in [1.54, 1.807) is 87.5 Å². The minimum atomic E-state index is -1.65. The maximum atomic E-state index is 13.7. The van der Waals surface area contributed by atoms with Crippen molar-refractivity contribution in [3.8, 4) is 33.9 Å². The van der Waals surface area contributed by atoms with Crippen molar-refractivity contribution >= 4 is 75.5 Å². The number of carboxylic acids is 1. The molecule has 0 unspecified atom stereocenters. The number of esters is 1. The number of hydrogen-bond donors (Lipinski definition) is 11. The highest BCUT2D eigenvalue weighted by atomic mass is 32.1. The number of nitrogens with one attached hydrogen (secondary N) is 6. The lowest BCUT2D eigenvalue weighted by molar-refractivity contribution is -0.253. The van der Waals surface area contributed by atoms with Gasteiger partial charge in [-0.2, -0.15) is 0 Å². The summed E-state index contributed by atoms with van der Waals surface area (Å²) in [6.07, 6.45) is -4.83. The van der Waals surface area contributed by atoms with E-state index in [9.17, 15) is 59.1 Å². The van der Waals surface area contributed by atoms with Gasteiger partial charge in [-0.05, 0) is 104 Å². The molecule has 0 saturated carbocycles. The lowest BCUT2D eigenvalue weighted by Crippen LogP contribution is -2.64. The van der Waals surface area contributed by atoms with Crippen molar-refractivity contribution in [3.63, 3.8) is 0 Å². The van der Waals surface area contributed by atoms with Crippen molar-refractivity contribution < 1.29 is 72.9 Å². The summed E-state index contributed by atoms with van der Waals surface area (Å²) in [6, 6.07) is 32.9. The van der Waals surface area contributed by atoms with Crippen molar-refractivity contribution in [1.82, 2.24) is 26.6 Å². The molecule has 0 spiro atoms. The van der Waals surface area contributed by atoms with Crippen LogP contribution in [0.3, 0.4) is 0 Å². The first-order valence-electron chi connectivity index (χ1n) is 25.9. The van der Waals surface area contributed by atoms with Crippen LogP contribution in [0.2, 0.25) is 0 Å². The number of hydrogen-bond acceptors (Lipinski definition) is 17. The minimum Gasteiger partial charge on any atom is -0.508 e. The third-order valence-electron chi connectivity index (χ3n) is 12.8. The standard InChI is InChI=1S/C60H58N6O16S/c1-60(2,3)82-57(78)46(23-32-11-16-37(67)17-12-32)80-58-52(64-27-33-9-13-35(14-10-33)53(73)34-7-5-4-6-8-34)55(75)54(74)47(81-58)28-61-48(70)29-62-49(71)30-63-50(72)31-65-59(83)66-36-15-20-40(43(24-36)56(76)77)51-41-21-18-38(68)25-44(41)79-45-26-39(69)19-22-42(45)51/h4-26,47,52,54-55,58,64,67-68,74-75H,27-31H2,1-3H3,(H,61,70)(H,62,71)(H,63,72)(H,76,77)(H2,65,66,83)/b46-23-/t47-,52-,54+,55-,58-/m1/s1. The summed E-state index contributed by atoms with van der Waals surface area (Å²) in [6.45, 7) is 3.02. The molecule has 1 saturated heterocycles. The quantitative estimate of drug-likeness (QED) is 0.0125. The van der Waals surface area contributed by atoms with Crippen LogP contribution in [-0.4, -0.2) is 129 Å². The van der Waals surface area contributed by atoms with Gasteiger partial charge < -0.3 is 76.1 Å². The van der Waals surface area contributed by atoms with E-state index in [1.165, 1.54) is 72.8 Å². The first-order chi connectivity index (χ1) is 39.6. The van der Waals surface area contributed by atoms with Gasteiger partial charge in [0.25, 0.3) is 0 Å². The number of amides is 3. The second-order valence-electron chi connectivity index (χ2n) is 20.1. The number of carboxylic acid groups (broad SMARTS) is 1. The smallest absolute Gasteiger partial charge is 0.374 e. The largest absolute Gasteiger partial charge is 0.508 e. The number of fused-ring (bicyclic) bond motifs is 2. The molecule has 22 nitrogen and oxygen atoms in total. The van der Waals surface area contributed by atoms with Crippen molar-refractivity contribution in [2.45, 2.75) is 63.6 Å². The topological polar surface area (TPSA) is 334 Å². The van der Waals surface area contributed by atoms with Gasteiger partial charge in [-0.1, -0.05) is 72.8 Å². The fourth-order valence-electron chi connectivity index (χ4n) is 8.76. The molecule has 11 N–H and O–H groups in total. The van der Waals surface area contributed by atoms with Crippen LogP contribution >= 0.6 is 12.2 Å². The van der Waals surface area contributed by atoms with Crippen molar-refractivity contribution in [2.75, 3.05) is 31.5 Å². The van der Waals surface area contributed by atoms with Crippen molar-refractivity contribution in [2.24, 2.45) is 0 Å². The lowest BCUT2D eigenvalue weighted by Gasteiger charge is -2.43. The fraction of sp³-hybridized carbons (Fsp3) is 0.233. The van der Waals surface area contributed by atoms with Gasteiger partial charge in [0.2, 0.25) is 29.8 Å². The van der Waals surface area contributed by atoms with Gasteiger partial charge in [0.05, 0.1) is 31.2 Å². The Kier molecular flexibility index (Phi) is 18.9. The summed E-state index contributed by atoms with van der Waals surface area (Å²) in [5.41, 5.74) is 2.20. The summed E-state index contributed by atoms with van der Waals surface area (Å²) < 4.78 is 23.9. The maximum Gasteiger partial charge on any atom is 0.374 e. The van der Waals surface area contributed by atoms with E-state index < -0.39 is 92.1 Å². The van der Waals surface area contributed by atoms with Gasteiger partial charge in [0.1, 0.15) is 46.8 Å². The van der Waals surface area contributed by atoms with E-state index in [0.29, 0.717) is 38.8 Å². The van der Waals surface area contributed by atoms with Crippen molar-refractivity contribution in [1.29, 1.82) is 0 Å². The second-order valence-corrected chi connectivity index (χ2v) is 20.5. The molecular weight excluding hydrogens is 1090 g/mol. The van der Waals surface area contributed by atoms with E-state index in [2.05, 4.69) is 31.9 Å². The number of ether oxygens (including phenoxy) is 3. The second kappa shape index (κ2) is 26.4. The number of phenolic OH excluding ortho intramolecular Hbond substituents is 2. The predicted octanol–water partition coefficient (Wildman–Crippen LogP) is 4.54. The normalized spacial score (nSPS) is 17.0. The number of thiocarbonyl (C=S) groups is 1. The number of aliphatic hydroxyl groups is 2. The summed E-state index contributed by atoms with van der Waals surface area (Å²) in [5.74, 6) is -4.88. The molecule has 0 aromatic heterocycles. The highest BCUT2D eigenvalue weighted by Gasteiger charge is 2.46. The van der Waals surface area contributed by atoms with Crippen LogP contribution in [0.5, 0.6) is 11.5 Å². The Balaban J connectivity index is 0.846.